The molecule has 1 heterocycles. The number of hydrogen-bond acceptors (Lipinski definition) is 2. The van der Waals surface area contributed by atoms with Crippen LogP contribution in [0.4, 0.5) is 0 Å². The Hall–Kier alpha value is -1.02. The molecule has 2 heteroatoms. The fourth-order valence-electron chi connectivity index (χ4n) is 2.56. The number of nitrogens with one attached hydrogen (secondary N) is 1. The lowest BCUT2D eigenvalue weighted by molar-refractivity contribution is 0.326. The highest BCUT2D eigenvalue weighted by molar-refractivity contribution is 5.37. The van der Waals surface area contributed by atoms with Crippen molar-refractivity contribution in [2.75, 3.05) is 19.7 Å². The second kappa shape index (κ2) is 6.06. The van der Waals surface area contributed by atoms with Crippen LogP contribution in [0, 0.1) is 12.8 Å². The van der Waals surface area contributed by atoms with Crippen molar-refractivity contribution >= 4 is 0 Å². The first-order valence-electron chi connectivity index (χ1n) is 6.72. The SMILES string of the molecule is CCOc1ccc(C)cc1CC1CCNCC1. The molecule has 0 aromatic heterocycles. The topological polar surface area (TPSA) is 21.3 Å². The zero-order valence-electron chi connectivity index (χ0n) is 11.0. The lowest BCUT2D eigenvalue weighted by Gasteiger charge is -2.23. The summed E-state index contributed by atoms with van der Waals surface area (Å²) in [5, 5.41) is 3.42. The van der Waals surface area contributed by atoms with Gasteiger partial charge in [0.1, 0.15) is 5.75 Å². The Morgan fingerprint density at radius 3 is 2.76 bits per heavy atom. The van der Waals surface area contributed by atoms with Crippen LogP contribution in [0.3, 0.4) is 0 Å². The van der Waals surface area contributed by atoms with Gasteiger partial charge in [-0.15, -0.1) is 0 Å². The first-order chi connectivity index (χ1) is 8.29. The van der Waals surface area contributed by atoms with Crippen LogP contribution in [0.5, 0.6) is 5.75 Å². The minimum atomic E-state index is 0.752. The van der Waals surface area contributed by atoms with E-state index in [1.54, 1.807) is 0 Å². The van der Waals surface area contributed by atoms with Crippen LogP contribution in [0.1, 0.15) is 30.9 Å². The Labute approximate surface area is 104 Å². The van der Waals surface area contributed by atoms with Gasteiger partial charge in [0, 0.05) is 0 Å². The molecule has 1 saturated heterocycles. The van der Waals surface area contributed by atoms with E-state index >= 15 is 0 Å². The maximum absolute atomic E-state index is 5.72. The molecule has 1 aliphatic heterocycles. The predicted molar refractivity (Wildman–Crippen MR) is 71.6 cm³/mol. The first-order valence-corrected chi connectivity index (χ1v) is 6.72. The van der Waals surface area contributed by atoms with E-state index in [0.717, 1.165) is 18.3 Å². The lowest BCUT2D eigenvalue weighted by Crippen LogP contribution is -2.28. The predicted octanol–water partition coefficient (Wildman–Crippen LogP) is 2.94. The third-order valence-corrected chi connectivity index (χ3v) is 3.48. The van der Waals surface area contributed by atoms with Crippen molar-refractivity contribution in [1.82, 2.24) is 5.32 Å². The molecule has 2 nitrogen and oxygen atoms in total. The molecule has 2 rings (SSSR count). The molecular weight excluding hydrogens is 210 g/mol. The molecule has 17 heavy (non-hydrogen) atoms. The van der Waals surface area contributed by atoms with Crippen molar-refractivity contribution in [2.45, 2.75) is 33.1 Å². The van der Waals surface area contributed by atoms with E-state index in [4.69, 9.17) is 4.74 Å². The summed E-state index contributed by atoms with van der Waals surface area (Å²) in [6.07, 6.45) is 3.75. The van der Waals surface area contributed by atoms with E-state index in [9.17, 15) is 0 Å². The molecule has 1 N–H and O–H groups in total. The quantitative estimate of drug-likeness (QED) is 0.863. The summed E-state index contributed by atoms with van der Waals surface area (Å²) in [6, 6.07) is 6.54. The van der Waals surface area contributed by atoms with Crippen molar-refractivity contribution in [3.05, 3.63) is 29.3 Å². The maximum Gasteiger partial charge on any atom is 0.122 e. The number of benzene rings is 1. The number of ether oxygens (including phenoxy) is 1. The van der Waals surface area contributed by atoms with Crippen molar-refractivity contribution in [1.29, 1.82) is 0 Å². The van der Waals surface area contributed by atoms with Gasteiger partial charge in [-0.1, -0.05) is 17.7 Å². The fraction of sp³-hybridized carbons (Fsp3) is 0.600. The Morgan fingerprint density at radius 2 is 2.06 bits per heavy atom. The van der Waals surface area contributed by atoms with Crippen LogP contribution in [0.15, 0.2) is 18.2 Å². The summed E-state index contributed by atoms with van der Waals surface area (Å²) in [5.41, 5.74) is 2.72. The largest absolute Gasteiger partial charge is 0.494 e. The van der Waals surface area contributed by atoms with Gasteiger partial charge in [0.05, 0.1) is 6.61 Å². The van der Waals surface area contributed by atoms with E-state index in [0.29, 0.717) is 0 Å². The average molecular weight is 233 g/mol. The molecule has 0 amide bonds. The second-order valence-corrected chi connectivity index (χ2v) is 4.94. The molecule has 94 valence electrons. The van der Waals surface area contributed by atoms with Crippen molar-refractivity contribution in [3.8, 4) is 5.75 Å². The van der Waals surface area contributed by atoms with Gasteiger partial charge in [0.2, 0.25) is 0 Å². The van der Waals surface area contributed by atoms with Gasteiger partial charge >= 0.3 is 0 Å². The summed E-state index contributed by atoms with van der Waals surface area (Å²) >= 11 is 0. The molecular formula is C15H23NO. The number of hydrogen-bond donors (Lipinski definition) is 1. The van der Waals surface area contributed by atoms with Gasteiger partial charge in [-0.2, -0.15) is 0 Å². The zero-order valence-corrected chi connectivity index (χ0v) is 11.0. The molecule has 1 fully saturated rings. The van der Waals surface area contributed by atoms with Crippen LogP contribution in [-0.4, -0.2) is 19.7 Å². The summed E-state index contributed by atoms with van der Waals surface area (Å²) in [6.45, 7) is 7.29. The first kappa shape index (κ1) is 12.4. The van der Waals surface area contributed by atoms with E-state index in [1.165, 1.54) is 43.5 Å². The van der Waals surface area contributed by atoms with Gasteiger partial charge in [-0.05, 0) is 63.7 Å². The van der Waals surface area contributed by atoms with Gasteiger partial charge in [-0.3, -0.25) is 0 Å². The molecule has 0 saturated carbocycles. The van der Waals surface area contributed by atoms with Gasteiger partial charge in [0.25, 0.3) is 0 Å². The summed E-state index contributed by atoms with van der Waals surface area (Å²) in [5.74, 6) is 1.90. The highest BCUT2D eigenvalue weighted by Gasteiger charge is 2.15. The van der Waals surface area contributed by atoms with E-state index in [-0.39, 0.29) is 0 Å². The van der Waals surface area contributed by atoms with Crippen LogP contribution < -0.4 is 10.1 Å². The fourth-order valence-corrected chi connectivity index (χ4v) is 2.56. The van der Waals surface area contributed by atoms with Crippen molar-refractivity contribution in [3.63, 3.8) is 0 Å². The number of aryl methyl sites for hydroxylation is 1. The lowest BCUT2D eigenvalue weighted by atomic mass is 9.90. The third kappa shape index (κ3) is 3.47. The van der Waals surface area contributed by atoms with Crippen LogP contribution in [0.25, 0.3) is 0 Å². The molecule has 0 atom stereocenters. The molecule has 0 unspecified atom stereocenters. The number of rotatable bonds is 4. The normalized spacial score (nSPS) is 17.1. The maximum atomic E-state index is 5.72. The molecule has 1 aromatic rings. The molecule has 1 aliphatic rings. The zero-order chi connectivity index (χ0) is 12.1. The molecule has 0 spiro atoms. The Balaban J connectivity index is 2.08. The van der Waals surface area contributed by atoms with Gasteiger partial charge in [0.15, 0.2) is 0 Å². The minimum absolute atomic E-state index is 0.752. The van der Waals surface area contributed by atoms with E-state index < -0.39 is 0 Å². The highest BCUT2D eigenvalue weighted by atomic mass is 16.5. The Bertz CT molecular complexity index is 356. The minimum Gasteiger partial charge on any atom is -0.494 e. The summed E-state index contributed by atoms with van der Waals surface area (Å²) in [7, 11) is 0. The standard InChI is InChI=1S/C15H23NO/c1-3-17-15-5-4-12(2)10-14(15)11-13-6-8-16-9-7-13/h4-5,10,13,16H,3,6-9,11H2,1-2H3. The summed E-state index contributed by atoms with van der Waals surface area (Å²) < 4.78 is 5.72. The smallest absolute Gasteiger partial charge is 0.122 e. The van der Waals surface area contributed by atoms with Crippen LogP contribution >= 0.6 is 0 Å². The number of piperidine rings is 1. The van der Waals surface area contributed by atoms with Gasteiger partial charge < -0.3 is 10.1 Å². The average Bonchev–Trinajstić information content (AvgIpc) is 2.34. The molecule has 1 aromatic carbocycles. The van der Waals surface area contributed by atoms with Crippen molar-refractivity contribution in [2.24, 2.45) is 5.92 Å². The second-order valence-electron chi connectivity index (χ2n) is 4.94. The van der Waals surface area contributed by atoms with Crippen LogP contribution in [0.2, 0.25) is 0 Å². The van der Waals surface area contributed by atoms with Gasteiger partial charge in [-0.25, -0.2) is 0 Å². The Morgan fingerprint density at radius 1 is 1.29 bits per heavy atom. The van der Waals surface area contributed by atoms with Crippen LogP contribution in [-0.2, 0) is 6.42 Å². The molecule has 0 bridgehead atoms. The third-order valence-electron chi connectivity index (χ3n) is 3.48. The Kier molecular flexibility index (Phi) is 4.43. The molecule has 0 aliphatic carbocycles. The highest BCUT2D eigenvalue weighted by Crippen LogP contribution is 2.26. The monoisotopic (exact) mass is 233 g/mol. The molecule has 0 radical (unpaired) electrons. The van der Waals surface area contributed by atoms with E-state index in [1.807, 2.05) is 6.92 Å². The summed E-state index contributed by atoms with van der Waals surface area (Å²) in [4.78, 5) is 0. The van der Waals surface area contributed by atoms with E-state index in [2.05, 4.69) is 30.4 Å². The van der Waals surface area contributed by atoms with Crippen molar-refractivity contribution < 1.29 is 4.74 Å².